The van der Waals surface area contributed by atoms with E-state index in [9.17, 15) is 4.79 Å². The number of hydrogen-bond donors (Lipinski definition) is 2. The number of thiazole rings is 1. The summed E-state index contributed by atoms with van der Waals surface area (Å²) in [5, 5.41) is 13.7. The van der Waals surface area contributed by atoms with Crippen LogP contribution in [0, 0.1) is 0 Å². The molecular formula is C15H18N2O2S. The van der Waals surface area contributed by atoms with Gasteiger partial charge in [0.05, 0.1) is 11.2 Å². The molecule has 1 atom stereocenters. The van der Waals surface area contributed by atoms with Crippen LogP contribution in [0.1, 0.15) is 30.1 Å². The number of nitrogens with zero attached hydrogens (tertiary/aromatic N) is 1. The van der Waals surface area contributed by atoms with Gasteiger partial charge in [-0.15, -0.1) is 11.3 Å². The van der Waals surface area contributed by atoms with Crippen molar-refractivity contribution in [2.24, 2.45) is 0 Å². The zero-order valence-electron chi connectivity index (χ0n) is 11.4. The number of amides is 1. The highest BCUT2D eigenvalue weighted by Gasteiger charge is 2.10. The zero-order valence-corrected chi connectivity index (χ0v) is 12.2. The first-order valence-corrected chi connectivity index (χ1v) is 7.55. The van der Waals surface area contributed by atoms with Gasteiger partial charge >= 0.3 is 0 Å². The minimum Gasteiger partial charge on any atom is -0.396 e. The molecule has 1 heterocycles. The number of aliphatic hydroxyl groups is 1. The van der Waals surface area contributed by atoms with E-state index >= 15 is 0 Å². The number of aromatic nitrogens is 1. The molecule has 0 bridgehead atoms. The molecule has 0 aliphatic carbocycles. The molecule has 20 heavy (non-hydrogen) atoms. The highest BCUT2D eigenvalue weighted by Crippen LogP contribution is 2.19. The van der Waals surface area contributed by atoms with Crippen LogP contribution in [0.3, 0.4) is 0 Å². The number of carbonyl (C=O) groups is 1. The molecule has 0 spiro atoms. The van der Waals surface area contributed by atoms with E-state index in [1.165, 1.54) is 0 Å². The van der Waals surface area contributed by atoms with Crippen molar-refractivity contribution in [3.8, 4) is 11.3 Å². The molecule has 5 heteroatoms. The van der Waals surface area contributed by atoms with Gasteiger partial charge in [-0.3, -0.25) is 4.79 Å². The third-order valence-corrected chi connectivity index (χ3v) is 3.63. The predicted molar refractivity (Wildman–Crippen MR) is 80.8 cm³/mol. The van der Waals surface area contributed by atoms with Gasteiger partial charge < -0.3 is 10.4 Å². The molecule has 106 valence electrons. The normalized spacial score (nSPS) is 12.1. The number of hydrogen-bond acceptors (Lipinski definition) is 4. The topological polar surface area (TPSA) is 62.2 Å². The predicted octanol–water partition coefficient (Wildman–Crippen LogP) is 2.70. The lowest BCUT2D eigenvalue weighted by Crippen LogP contribution is -2.32. The lowest BCUT2D eigenvalue weighted by atomic mass is 10.1. The van der Waals surface area contributed by atoms with Crippen LogP contribution in [0.2, 0.25) is 0 Å². The van der Waals surface area contributed by atoms with E-state index in [1.807, 2.05) is 36.6 Å². The Morgan fingerprint density at radius 3 is 2.75 bits per heavy atom. The van der Waals surface area contributed by atoms with E-state index in [-0.39, 0.29) is 18.6 Å². The molecule has 1 unspecified atom stereocenters. The van der Waals surface area contributed by atoms with Crippen molar-refractivity contribution in [2.75, 3.05) is 6.61 Å². The van der Waals surface area contributed by atoms with Crippen LogP contribution in [-0.4, -0.2) is 28.6 Å². The largest absolute Gasteiger partial charge is 0.396 e. The van der Waals surface area contributed by atoms with E-state index in [0.29, 0.717) is 12.0 Å². The first kappa shape index (κ1) is 14.7. The Balaban J connectivity index is 1.97. The summed E-state index contributed by atoms with van der Waals surface area (Å²) in [5.74, 6) is -0.0831. The third kappa shape index (κ3) is 3.88. The van der Waals surface area contributed by atoms with Gasteiger partial charge in [0.25, 0.3) is 5.91 Å². The van der Waals surface area contributed by atoms with E-state index in [0.717, 1.165) is 17.7 Å². The Bertz CT molecular complexity index is 538. The minimum absolute atomic E-state index is 0.0628. The molecule has 0 radical (unpaired) electrons. The fraction of sp³-hybridized carbons (Fsp3) is 0.333. The summed E-state index contributed by atoms with van der Waals surface area (Å²) >= 11 is 1.55. The summed E-state index contributed by atoms with van der Waals surface area (Å²) in [6.45, 7) is 2.10. The molecule has 0 fully saturated rings. The fourth-order valence-electron chi connectivity index (χ4n) is 1.92. The second-order valence-electron chi connectivity index (χ2n) is 4.69. The molecule has 4 nitrogen and oxygen atoms in total. The van der Waals surface area contributed by atoms with Gasteiger partial charge in [-0.25, -0.2) is 4.98 Å². The SMILES string of the molecule is CC(CCCO)NC(=O)c1ccc(-c2cscn2)cc1. The van der Waals surface area contributed by atoms with Gasteiger partial charge in [-0.1, -0.05) is 12.1 Å². The Kier molecular flexibility index (Phi) is 5.26. The van der Waals surface area contributed by atoms with Crippen LogP contribution in [-0.2, 0) is 0 Å². The van der Waals surface area contributed by atoms with Crippen LogP contribution in [0.15, 0.2) is 35.2 Å². The van der Waals surface area contributed by atoms with Gasteiger partial charge in [0.15, 0.2) is 0 Å². The zero-order chi connectivity index (χ0) is 14.4. The van der Waals surface area contributed by atoms with Gasteiger partial charge in [-0.05, 0) is 31.9 Å². The second kappa shape index (κ2) is 7.17. The first-order valence-electron chi connectivity index (χ1n) is 6.61. The van der Waals surface area contributed by atoms with E-state index in [4.69, 9.17) is 5.11 Å². The maximum atomic E-state index is 12.0. The molecule has 0 aliphatic rings. The summed E-state index contributed by atoms with van der Waals surface area (Å²) in [7, 11) is 0. The maximum absolute atomic E-state index is 12.0. The maximum Gasteiger partial charge on any atom is 0.251 e. The summed E-state index contributed by atoms with van der Waals surface area (Å²) < 4.78 is 0. The van der Waals surface area contributed by atoms with Gasteiger partial charge in [-0.2, -0.15) is 0 Å². The summed E-state index contributed by atoms with van der Waals surface area (Å²) in [5.41, 5.74) is 4.37. The Morgan fingerprint density at radius 2 is 2.15 bits per heavy atom. The second-order valence-corrected chi connectivity index (χ2v) is 5.41. The molecule has 0 saturated carbocycles. The highest BCUT2D eigenvalue weighted by atomic mass is 32.1. The average molecular weight is 290 g/mol. The van der Waals surface area contributed by atoms with Crippen LogP contribution >= 0.6 is 11.3 Å². The smallest absolute Gasteiger partial charge is 0.251 e. The van der Waals surface area contributed by atoms with Crippen LogP contribution in [0.5, 0.6) is 0 Å². The van der Waals surface area contributed by atoms with Crippen molar-refractivity contribution < 1.29 is 9.90 Å². The monoisotopic (exact) mass is 290 g/mol. The third-order valence-electron chi connectivity index (χ3n) is 3.05. The lowest BCUT2D eigenvalue weighted by Gasteiger charge is -2.13. The molecule has 0 saturated heterocycles. The van der Waals surface area contributed by atoms with Crippen LogP contribution < -0.4 is 5.32 Å². The molecule has 0 aliphatic heterocycles. The van der Waals surface area contributed by atoms with Gasteiger partial charge in [0, 0.05) is 29.2 Å². The van der Waals surface area contributed by atoms with Crippen LogP contribution in [0.25, 0.3) is 11.3 Å². The summed E-state index contributed by atoms with van der Waals surface area (Å²) in [6, 6.07) is 7.49. The van der Waals surface area contributed by atoms with Gasteiger partial charge in [0.1, 0.15) is 0 Å². The van der Waals surface area contributed by atoms with Crippen molar-refractivity contribution in [2.45, 2.75) is 25.8 Å². The summed E-state index contributed by atoms with van der Waals surface area (Å²) in [6.07, 6.45) is 1.48. The van der Waals surface area contributed by atoms with E-state index < -0.39 is 0 Å². The standard InChI is InChI=1S/C15H18N2O2S/c1-11(3-2-8-18)17-15(19)13-6-4-12(5-7-13)14-9-20-10-16-14/h4-7,9-11,18H,2-3,8H2,1H3,(H,17,19). The first-order chi connectivity index (χ1) is 9.70. The molecule has 2 aromatic rings. The van der Waals surface area contributed by atoms with Gasteiger partial charge in [0.2, 0.25) is 0 Å². The molecule has 2 rings (SSSR count). The van der Waals surface area contributed by atoms with Crippen molar-refractivity contribution in [3.05, 3.63) is 40.7 Å². The molecule has 1 aromatic carbocycles. The Hall–Kier alpha value is -1.72. The minimum atomic E-state index is -0.0831. The number of nitrogens with one attached hydrogen (secondary N) is 1. The quantitative estimate of drug-likeness (QED) is 0.860. The summed E-state index contributed by atoms with van der Waals surface area (Å²) in [4.78, 5) is 16.3. The van der Waals surface area contributed by atoms with Crippen molar-refractivity contribution >= 4 is 17.2 Å². The molecule has 2 N–H and O–H groups in total. The fourth-order valence-corrected chi connectivity index (χ4v) is 2.49. The number of benzene rings is 1. The van der Waals surface area contributed by atoms with Crippen LogP contribution in [0.4, 0.5) is 0 Å². The van der Waals surface area contributed by atoms with Crippen molar-refractivity contribution in [1.82, 2.24) is 10.3 Å². The highest BCUT2D eigenvalue weighted by molar-refractivity contribution is 7.07. The molecule has 1 amide bonds. The average Bonchev–Trinajstić information content (AvgIpc) is 2.99. The number of rotatable bonds is 6. The number of aliphatic hydroxyl groups excluding tert-OH is 1. The Labute approximate surface area is 122 Å². The van der Waals surface area contributed by atoms with E-state index in [1.54, 1.807) is 16.8 Å². The lowest BCUT2D eigenvalue weighted by molar-refractivity contribution is 0.0936. The Morgan fingerprint density at radius 1 is 1.40 bits per heavy atom. The van der Waals surface area contributed by atoms with Crippen molar-refractivity contribution in [3.63, 3.8) is 0 Å². The molecule has 1 aromatic heterocycles. The molecular weight excluding hydrogens is 272 g/mol. The number of carbonyl (C=O) groups excluding carboxylic acids is 1. The van der Waals surface area contributed by atoms with E-state index in [2.05, 4.69) is 10.3 Å². The van der Waals surface area contributed by atoms with Crippen molar-refractivity contribution in [1.29, 1.82) is 0 Å².